The average molecular weight is 390 g/mol. The van der Waals surface area contributed by atoms with Gasteiger partial charge in [0.15, 0.2) is 0 Å². The van der Waals surface area contributed by atoms with E-state index in [2.05, 4.69) is 15.6 Å². The molecule has 0 bridgehead atoms. The van der Waals surface area contributed by atoms with E-state index in [0.29, 0.717) is 28.3 Å². The van der Waals surface area contributed by atoms with E-state index in [0.717, 1.165) is 5.69 Å². The van der Waals surface area contributed by atoms with E-state index < -0.39 is 5.97 Å². The number of carbonyl (C=O) groups excluding carboxylic acids is 2. The molecule has 0 radical (unpaired) electrons. The second-order valence-electron chi connectivity index (χ2n) is 6.49. The number of esters is 1. The SMILES string of the molecule is COC(=O)c1ccccc1Nc1cc(C(=O)Nc2ccc(N(C)C)cc2)ccn1. The fraction of sp³-hybridized carbons (Fsp3) is 0.136. The highest BCUT2D eigenvalue weighted by molar-refractivity contribution is 6.05. The highest BCUT2D eigenvalue weighted by atomic mass is 16.5. The number of benzene rings is 2. The van der Waals surface area contributed by atoms with Crippen LogP contribution in [-0.2, 0) is 4.74 Å². The summed E-state index contributed by atoms with van der Waals surface area (Å²) in [6.07, 6.45) is 1.53. The Morgan fingerprint density at radius 1 is 1.00 bits per heavy atom. The van der Waals surface area contributed by atoms with E-state index in [-0.39, 0.29) is 5.91 Å². The lowest BCUT2D eigenvalue weighted by Gasteiger charge is -2.13. The van der Waals surface area contributed by atoms with E-state index in [1.807, 2.05) is 43.3 Å². The lowest BCUT2D eigenvalue weighted by atomic mass is 10.1. The first-order chi connectivity index (χ1) is 14.0. The molecule has 148 valence electrons. The van der Waals surface area contributed by atoms with Crippen molar-refractivity contribution >= 4 is 34.8 Å². The summed E-state index contributed by atoms with van der Waals surface area (Å²) in [6.45, 7) is 0. The van der Waals surface area contributed by atoms with Gasteiger partial charge < -0.3 is 20.3 Å². The highest BCUT2D eigenvalue weighted by Crippen LogP contribution is 2.21. The normalized spacial score (nSPS) is 10.2. The van der Waals surface area contributed by atoms with Crippen molar-refractivity contribution in [2.75, 3.05) is 36.7 Å². The van der Waals surface area contributed by atoms with Crippen molar-refractivity contribution in [3.63, 3.8) is 0 Å². The zero-order valence-corrected chi connectivity index (χ0v) is 16.5. The summed E-state index contributed by atoms with van der Waals surface area (Å²) in [7, 11) is 5.24. The molecule has 3 aromatic rings. The van der Waals surface area contributed by atoms with Gasteiger partial charge >= 0.3 is 5.97 Å². The van der Waals surface area contributed by atoms with Crippen LogP contribution in [0.1, 0.15) is 20.7 Å². The molecule has 1 heterocycles. The van der Waals surface area contributed by atoms with E-state index in [1.165, 1.54) is 13.3 Å². The minimum absolute atomic E-state index is 0.255. The maximum atomic E-state index is 12.6. The number of aromatic nitrogens is 1. The molecule has 7 heteroatoms. The van der Waals surface area contributed by atoms with E-state index >= 15 is 0 Å². The Hall–Kier alpha value is -3.87. The van der Waals surface area contributed by atoms with Crippen LogP contribution < -0.4 is 15.5 Å². The Morgan fingerprint density at radius 2 is 1.72 bits per heavy atom. The number of methoxy groups -OCH3 is 1. The summed E-state index contributed by atoms with van der Waals surface area (Å²) in [5.74, 6) is -0.269. The summed E-state index contributed by atoms with van der Waals surface area (Å²) >= 11 is 0. The van der Waals surface area contributed by atoms with Crippen molar-refractivity contribution in [3.8, 4) is 0 Å². The van der Waals surface area contributed by atoms with Crippen molar-refractivity contribution in [1.29, 1.82) is 0 Å². The first-order valence-corrected chi connectivity index (χ1v) is 8.97. The summed E-state index contributed by atoms with van der Waals surface area (Å²) in [6, 6.07) is 17.7. The third-order valence-corrected chi connectivity index (χ3v) is 4.26. The van der Waals surface area contributed by atoms with Gasteiger partial charge in [-0.05, 0) is 48.5 Å². The third-order valence-electron chi connectivity index (χ3n) is 4.26. The third kappa shape index (κ3) is 4.90. The molecule has 29 heavy (non-hydrogen) atoms. The van der Waals surface area contributed by atoms with Crippen molar-refractivity contribution in [2.24, 2.45) is 0 Å². The molecule has 0 saturated heterocycles. The van der Waals surface area contributed by atoms with Gasteiger partial charge in [-0.25, -0.2) is 9.78 Å². The average Bonchev–Trinajstić information content (AvgIpc) is 2.74. The van der Waals surface area contributed by atoms with Crippen LogP contribution in [0.25, 0.3) is 0 Å². The zero-order valence-electron chi connectivity index (χ0n) is 16.5. The monoisotopic (exact) mass is 390 g/mol. The standard InChI is InChI=1S/C22H22N4O3/c1-26(2)17-10-8-16(9-11-17)24-21(27)15-12-13-23-20(14-15)25-19-7-5-4-6-18(19)22(28)29-3/h4-14H,1-3H3,(H,23,25)(H,24,27). The van der Waals surface area contributed by atoms with Crippen molar-refractivity contribution < 1.29 is 14.3 Å². The fourth-order valence-electron chi connectivity index (χ4n) is 2.70. The molecule has 0 atom stereocenters. The summed E-state index contributed by atoms with van der Waals surface area (Å²) < 4.78 is 4.80. The molecule has 1 aromatic heterocycles. The molecular formula is C22H22N4O3. The van der Waals surface area contributed by atoms with E-state index in [4.69, 9.17) is 4.74 Å². The first kappa shape index (κ1) is 19.9. The van der Waals surface area contributed by atoms with Crippen LogP contribution in [0.3, 0.4) is 0 Å². The molecule has 7 nitrogen and oxygen atoms in total. The van der Waals surface area contributed by atoms with Gasteiger partial charge in [-0.15, -0.1) is 0 Å². The molecule has 0 spiro atoms. The van der Waals surface area contributed by atoms with Gasteiger partial charge in [0.25, 0.3) is 5.91 Å². The van der Waals surface area contributed by atoms with Gasteiger partial charge in [0.1, 0.15) is 5.82 Å². The molecule has 2 aromatic carbocycles. The number of nitrogens with zero attached hydrogens (tertiary/aromatic N) is 2. The van der Waals surface area contributed by atoms with Gasteiger partial charge in [-0.1, -0.05) is 12.1 Å². The number of hydrogen-bond donors (Lipinski definition) is 2. The Balaban J connectivity index is 1.76. The Morgan fingerprint density at radius 3 is 2.41 bits per heavy atom. The minimum atomic E-state index is -0.455. The summed E-state index contributed by atoms with van der Waals surface area (Å²) in [5.41, 5.74) is 3.11. The molecular weight excluding hydrogens is 368 g/mol. The van der Waals surface area contributed by atoms with Crippen LogP contribution in [0.15, 0.2) is 66.9 Å². The van der Waals surface area contributed by atoms with Crippen LogP contribution in [0.5, 0.6) is 0 Å². The number of hydrogen-bond acceptors (Lipinski definition) is 6. The van der Waals surface area contributed by atoms with Crippen molar-refractivity contribution in [2.45, 2.75) is 0 Å². The lowest BCUT2D eigenvalue weighted by molar-refractivity contribution is 0.0601. The van der Waals surface area contributed by atoms with Crippen LogP contribution in [0, 0.1) is 0 Å². The van der Waals surface area contributed by atoms with Crippen LogP contribution in [0.4, 0.5) is 22.9 Å². The molecule has 0 aliphatic carbocycles. The zero-order chi connectivity index (χ0) is 20.8. The molecule has 0 aliphatic rings. The molecule has 1 amide bonds. The molecule has 3 rings (SSSR count). The quantitative estimate of drug-likeness (QED) is 0.621. The van der Waals surface area contributed by atoms with Gasteiger partial charge in [0.2, 0.25) is 0 Å². The van der Waals surface area contributed by atoms with Crippen molar-refractivity contribution in [3.05, 3.63) is 78.0 Å². The van der Waals surface area contributed by atoms with Crippen LogP contribution in [-0.4, -0.2) is 38.1 Å². The Labute approximate surface area is 169 Å². The second-order valence-corrected chi connectivity index (χ2v) is 6.49. The highest BCUT2D eigenvalue weighted by Gasteiger charge is 2.13. The van der Waals surface area contributed by atoms with Gasteiger partial charge in [-0.3, -0.25) is 4.79 Å². The van der Waals surface area contributed by atoms with Crippen molar-refractivity contribution in [1.82, 2.24) is 4.98 Å². The number of amides is 1. The van der Waals surface area contributed by atoms with Crippen LogP contribution in [0.2, 0.25) is 0 Å². The number of rotatable bonds is 6. The number of carbonyl (C=O) groups is 2. The molecule has 0 saturated carbocycles. The predicted octanol–water partition coefficient (Wildman–Crippen LogP) is 3.93. The Kier molecular flexibility index (Phi) is 6.09. The van der Waals surface area contributed by atoms with E-state index in [9.17, 15) is 9.59 Å². The first-order valence-electron chi connectivity index (χ1n) is 8.97. The van der Waals surface area contributed by atoms with Gasteiger partial charge in [0.05, 0.1) is 18.4 Å². The largest absolute Gasteiger partial charge is 0.465 e. The van der Waals surface area contributed by atoms with E-state index in [1.54, 1.807) is 36.4 Å². The predicted molar refractivity (Wildman–Crippen MR) is 114 cm³/mol. The maximum Gasteiger partial charge on any atom is 0.339 e. The van der Waals surface area contributed by atoms with Gasteiger partial charge in [0, 0.05) is 37.2 Å². The minimum Gasteiger partial charge on any atom is -0.465 e. The van der Waals surface area contributed by atoms with Crippen LogP contribution >= 0.6 is 0 Å². The molecule has 0 aliphatic heterocycles. The Bertz CT molecular complexity index is 1020. The number of anilines is 4. The number of ether oxygens (including phenoxy) is 1. The summed E-state index contributed by atoms with van der Waals surface area (Å²) in [5, 5.41) is 5.94. The number of para-hydroxylation sites is 1. The van der Waals surface area contributed by atoms with Gasteiger partial charge in [-0.2, -0.15) is 0 Å². The maximum absolute atomic E-state index is 12.6. The summed E-state index contributed by atoms with van der Waals surface area (Å²) in [4.78, 5) is 30.7. The molecule has 2 N–H and O–H groups in total. The lowest BCUT2D eigenvalue weighted by Crippen LogP contribution is -2.13. The second kappa shape index (κ2) is 8.88. The topological polar surface area (TPSA) is 83.6 Å². The number of nitrogens with one attached hydrogen (secondary N) is 2. The number of pyridine rings is 1. The molecule has 0 fully saturated rings. The fourth-order valence-corrected chi connectivity index (χ4v) is 2.70. The smallest absolute Gasteiger partial charge is 0.339 e. The molecule has 0 unspecified atom stereocenters.